The van der Waals surface area contributed by atoms with E-state index in [2.05, 4.69) is 142 Å². The highest BCUT2D eigenvalue weighted by Crippen LogP contribution is 2.50. The summed E-state index contributed by atoms with van der Waals surface area (Å²) in [4.78, 5) is 0. The van der Waals surface area contributed by atoms with E-state index in [9.17, 15) is 0 Å². The molecule has 0 saturated heterocycles. The zero-order chi connectivity index (χ0) is 58.5. The molecule has 0 aliphatic rings. The third-order valence-electron chi connectivity index (χ3n) is 14.2. The minimum atomic E-state index is 0.494. The van der Waals surface area contributed by atoms with Crippen LogP contribution in [0.4, 0.5) is 0 Å². The van der Waals surface area contributed by atoms with E-state index in [1.807, 2.05) is 0 Å². The lowest BCUT2D eigenvalue weighted by molar-refractivity contribution is 0.249. The lowest BCUT2D eigenvalue weighted by Crippen LogP contribution is -2.05. The molecule has 0 N–H and O–H groups in total. The number of benzene rings is 8. The monoisotopic (exact) mass is 1140 g/mol. The average molecular weight is 1140 g/mol. The molecule has 0 unspecified atom stereocenters. The van der Waals surface area contributed by atoms with Crippen molar-refractivity contribution in [2.24, 2.45) is 0 Å². The van der Waals surface area contributed by atoms with Crippen molar-refractivity contribution < 1.29 is 56.8 Å². The third-order valence-corrected chi connectivity index (χ3v) is 14.2. The van der Waals surface area contributed by atoms with Crippen LogP contribution in [0.1, 0.15) is 153 Å². The second-order valence-corrected chi connectivity index (χ2v) is 21.3. The maximum atomic E-state index is 6.77. The Balaban J connectivity index is 1.12. The Morgan fingerprint density at radius 1 is 0.157 bits per heavy atom. The number of hydrogen-bond acceptors (Lipinski definition) is 12. The average Bonchev–Trinajstić information content (AvgIpc) is 2.60. The number of hydrogen-bond donors (Lipinski definition) is 0. The van der Waals surface area contributed by atoms with Gasteiger partial charge in [-0.25, -0.2) is 0 Å². The molecule has 8 rings (SSSR count). The molecule has 83 heavy (non-hydrogen) atoms. The Hall–Kier alpha value is -7.08. The van der Waals surface area contributed by atoms with Gasteiger partial charge in [0, 0.05) is 0 Å². The number of rotatable bonds is 38. The lowest BCUT2D eigenvalue weighted by atomic mass is 9.93. The Morgan fingerprint density at radius 2 is 0.265 bits per heavy atom. The molecule has 0 atom stereocenters. The van der Waals surface area contributed by atoms with Crippen LogP contribution in [0.15, 0.2) is 72.8 Å². The predicted molar refractivity (Wildman–Crippen MR) is 341 cm³/mol. The summed E-state index contributed by atoms with van der Waals surface area (Å²) in [7, 11) is 0. The maximum absolute atomic E-state index is 6.77. The van der Waals surface area contributed by atoms with Crippen molar-refractivity contribution in [3.8, 4) is 69.0 Å². The van der Waals surface area contributed by atoms with E-state index in [1.165, 1.54) is 0 Å². The molecule has 0 radical (unpaired) electrons. The van der Waals surface area contributed by atoms with Gasteiger partial charge >= 0.3 is 0 Å². The molecule has 12 nitrogen and oxygen atoms in total. The van der Waals surface area contributed by atoms with E-state index in [-0.39, 0.29) is 0 Å². The van der Waals surface area contributed by atoms with Crippen LogP contribution in [0, 0.1) is 0 Å². The smallest absolute Gasteiger partial charge is 0.161 e. The second-order valence-electron chi connectivity index (χ2n) is 21.3. The van der Waals surface area contributed by atoms with Crippen molar-refractivity contribution in [3.63, 3.8) is 0 Å². The van der Waals surface area contributed by atoms with Crippen LogP contribution < -0.4 is 56.8 Å². The molecule has 8 aromatic rings. The summed E-state index contributed by atoms with van der Waals surface area (Å²) in [5, 5.41) is 12.4. The first-order valence-corrected chi connectivity index (χ1v) is 31.4. The molecule has 8 aromatic carbocycles. The van der Waals surface area contributed by atoms with Crippen LogP contribution in [-0.2, 0) is 0 Å². The summed E-state index contributed by atoms with van der Waals surface area (Å²) in [6.45, 7) is 27.9. The lowest BCUT2D eigenvalue weighted by Gasteiger charge is -2.20. The minimum Gasteiger partial charge on any atom is -0.490 e. The Kier molecular flexibility index (Phi) is 23.6. The van der Waals surface area contributed by atoms with Gasteiger partial charge in [0.05, 0.1) is 79.3 Å². The summed E-state index contributed by atoms with van der Waals surface area (Å²) >= 11 is 0. The van der Waals surface area contributed by atoms with Gasteiger partial charge in [-0.3, -0.25) is 0 Å². The summed E-state index contributed by atoms with van der Waals surface area (Å²) in [6.07, 6.45) is 11.2. The van der Waals surface area contributed by atoms with Crippen molar-refractivity contribution in [1.29, 1.82) is 0 Å². The fraction of sp³-hybridized carbons (Fsp3) is 0.493. The Morgan fingerprint density at radius 3 is 0.373 bits per heavy atom. The van der Waals surface area contributed by atoms with E-state index >= 15 is 0 Å². The van der Waals surface area contributed by atoms with E-state index in [0.29, 0.717) is 102 Å². The molecule has 0 heterocycles. The van der Waals surface area contributed by atoms with Gasteiger partial charge < -0.3 is 56.8 Å². The van der Waals surface area contributed by atoms with Crippen molar-refractivity contribution >= 4 is 64.6 Å². The van der Waals surface area contributed by atoms with Gasteiger partial charge in [-0.1, -0.05) is 69.2 Å². The zero-order valence-corrected chi connectivity index (χ0v) is 51.5. The highest BCUT2D eigenvalue weighted by atomic mass is 16.5. The topological polar surface area (TPSA) is 111 Å². The van der Waals surface area contributed by atoms with E-state index in [0.717, 1.165) is 194 Å². The molecular formula is C71H92O12. The van der Waals surface area contributed by atoms with Gasteiger partial charge in [-0.2, -0.15) is 0 Å². The zero-order valence-electron chi connectivity index (χ0n) is 51.5. The van der Waals surface area contributed by atoms with Crippen LogP contribution in [0.2, 0.25) is 0 Å². The van der Waals surface area contributed by atoms with Gasteiger partial charge in [0.2, 0.25) is 0 Å². The van der Waals surface area contributed by atoms with Crippen molar-refractivity contribution in [2.45, 2.75) is 153 Å². The molecule has 0 fully saturated rings. The van der Waals surface area contributed by atoms with Crippen molar-refractivity contribution in [2.75, 3.05) is 79.3 Å². The van der Waals surface area contributed by atoms with Gasteiger partial charge in [0.15, 0.2) is 69.0 Å². The van der Waals surface area contributed by atoms with Crippen LogP contribution in [0.25, 0.3) is 64.6 Å². The molecule has 0 aliphatic heterocycles. The van der Waals surface area contributed by atoms with Crippen LogP contribution in [0.5, 0.6) is 69.0 Å². The molecule has 12 heteroatoms. The predicted octanol–water partition coefficient (Wildman–Crippen LogP) is 19.1. The first kappa shape index (κ1) is 62.0. The molecule has 448 valence electrons. The van der Waals surface area contributed by atoms with E-state index in [1.54, 1.807) is 0 Å². The molecule has 0 saturated carbocycles. The van der Waals surface area contributed by atoms with Crippen LogP contribution >= 0.6 is 0 Å². The van der Waals surface area contributed by atoms with Gasteiger partial charge in [0.1, 0.15) is 0 Å². The van der Waals surface area contributed by atoms with Gasteiger partial charge in [0.25, 0.3) is 0 Å². The van der Waals surface area contributed by atoms with E-state index < -0.39 is 0 Å². The van der Waals surface area contributed by atoms with Crippen molar-refractivity contribution in [1.82, 2.24) is 0 Å². The summed E-state index contributed by atoms with van der Waals surface area (Å²) in [5.74, 6) is 8.61. The second kappa shape index (κ2) is 31.5. The fourth-order valence-corrected chi connectivity index (χ4v) is 10.3. The normalized spacial score (nSPS) is 11.5. The summed E-state index contributed by atoms with van der Waals surface area (Å²) in [5.41, 5.74) is 0. The SMILES string of the molecule is CCCOc1cc2c3cc(OCCC)c(OCCC)cc3c3cc(OCCCCCOc4cc5c6cc(OCCC)c(OCCC)cc6c6cc(OCCC)c(OCCC)cc6c5cc4OCCC)c(OCCC)cc3c2cc1OCCC. The molecule has 0 aromatic heterocycles. The maximum Gasteiger partial charge on any atom is 0.161 e. The fourth-order valence-electron chi connectivity index (χ4n) is 10.3. The standard InChI is InChI=1S/C71H92O12/c1-11-24-72-60-36-48-50-38-62(74-26-13-3)66(78-30-17-7)42-54(50)58-46-70(68(80-32-19-9)44-56(58)52(48)40-64(60)76-28-15-5)82-34-22-21-23-35-83-71-47-59-55-43-67(79-31-18-8)63(75-27-14-4)39-51(55)49-37-61(73-25-12-2)65(77-29-16-6)41-53(49)57(59)45-69(71)81-33-20-10/h36-47H,11-35H2,1-10H3. The first-order chi connectivity index (χ1) is 40.8. The summed E-state index contributed by atoms with van der Waals surface area (Å²) in [6, 6.07) is 25.7. The van der Waals surface area contributed by atoms with E-state index in [4.69, 9.17) is 56.8 Å². The Bertz CT molecular complexity index is 3070. The molecular weight excluding hydrogens is 1040 g/mol. The number of fused-ring (bicyclic) bond motifs is 12. The van der Waals surface area contributed by atoms with Crippen LogP contribution in [0.3, 0.4) is 0 Å². The molecule has 0 spiro atoms. The third kappa shape index (κ3) is 15.0. The Labute approximate surface area is 493 Å². The quantitative estimate of drug-likeness (QED) is 0.0271. The molecule has 0 bridgehead atoms. The van der Waals surface area contributed by atoms with Crippen molar-refractivity contribution in [3.05, 3.63) is 72.8 Å². The van der Waals surface area contributed by atoms with Crippen LogP contribution in [-0.4, -0.2) is 79.3 Å². The van der Waals surface area contributed by atoms with Gasteiger partial charge in [-0.05, 0) is 221 Å². The largest absolute Gasteiger partial charge is 0.490 e. The number of ether oxygens (including phenoxy) is 12. The first-order valence-electron chi connectivity index (χ1n) is 31.4. The number of unbranched alkanes of at least 4 members (excludes halogenated alkanes) is 2. The van der Waals surface area contributed by atoms with Gasteiger partial charge in [-0.15, -0.1) is 0 Å². The molecule has 0 aliphatic carbocycles. The molecule has 0 amide bonds. The highest BCUT2D eigenvalue weighted by Gasteiger charge is 2.23. The summed E-state index contributed by atoms with van der Waals surface area (Å²) < 4.78 is 77.8. The minimum absolute atomic E-state index is 0.494. The highest BCUT2D eigenvalue weighted by molar-refractivity contribution is 6.28.